The van der Waals surface area contributed by atoms with E-state index in [2.05, 4.69) is 0 Å². The number of hydrogen-bond donors (Lipinski definition) is 1. The molecule has 1 fully saturated rings. The van der Waals surface area contributed by atoms with Crippen LogP contribution in [0.15, 0.2) is 18.2 Å². The van der Waals surface area contributed by atoms with Crippen LogP contribution < -0.4 is 15.2 Å². The van der Waals surface area contributed by atoms with Gasteiger partial charge in [0.05, 0.1) is 32.0 Å². The van der Waals surface area contributed by atoms with Crippen LogP contribution >= 0.6 is 11.8 Å². The second-order valence-corrected chi connectivity index (χ2v) is 5.92. The molecule has 0 saturated carbocycles. The Kier molecular flexibility index (Phi) is 4.15. The van der Waals surface area contributed by atoms with Crippen molar-refractivity contribution < 1.29 is 14.2 Å². The Balaban J connectivity index is 1.78. The minimum atomic E-state index is -0.107. The van der Waals surface area contributed by atoms with Crippen molar-refractivity contribution in [2.75, 3.05) is 31.3 Å². The number of ether oxygens (including phenoxy) is 3. The zero-order valence-electron chi connectivity index (χ0n) is 10.8. The molecule has 104 valence electrons. The summed E-state index contributed by atoms with van der Waals surface area (Å²) >= 11 is 1.90. The summed E-state index contributed by atoms with van der Waals surface area (Å²) in [6, 6.07) is 5.85. The van der Waals surface area contributed by atoms with Crippen molar-refractivity contribution in [3.63, 3.8) is 0 Å². The van der Waals surface area contributed by atoms with E-state index in [1.54, 1.807) is 0 Å². The highest BCUT2D eigenvalue weighted by molar-refractivity contribution is 7.99. The highest BCUT2D eigenvalue weighted by Gasteiger charge is 2.24. The summed E-state index contributed by atoms with van der Waals surface area (Å²) in [6.07, 6.45) is 1.00. The Morgan fingerprint density at radius 1 is 1.16 bits per heavy atom. The Bertz CT molecular complexity index is 435. The predicted octanol–water partition coefficient (Wildman–Crippen LogP) is 1.98. The molecule has 2 atom stereocenters. The molecule has 2 aliphatic heterocycles. The summed E-state index contributed by atoms with van der Waals surface area (Å²) in [6.45, 7) is 2.19. The van der Waals surface area contributed by atoms with Crippen molar-refractivity contribution in [2.24, 2.45) is 5.73 Å². The molecule has 19 heavy (non-hydrogen) atoms. The molecule has 4 nitrogen and oxygen atoms in total. The lowest BCUT2D eigenvalue weighted by Crippen LogP contribution is -2.34. The monoisotopic (exact) mass is 281 g/mol. The highest BCUT2D eigenvalue weighted by atomic mass is 32.2. The van der Waals surface area contributed by atoms with E-state index in [1.165, 1.54) is 0 Å². The van der Waals surface area contributed by atoms with Crippen LogP contribution in [0.2, 0.25) is 0 Å². The maximum absolute atomic E-state index is 6.31. The van der Waals surface area contributed by atoms with Gasteiger partial charge in [-0.25, -0.2) is 0 Å². The van der Waals surface area contributed by atoms with E-state index >= 15 is 0 Å². The van der Waals surface area contributed by atoms with Crippen molar-refractivity contribution in [2.45, 2.75) is 18.6 Å². The standard InChI is InChI=1S/C14H19NO3S/c15-14(13-9-19-7-6-18-13)10-2-3-11-12(8-10)17-5-1-4-16-11/h2-3,8,13-14H,1,4-7,9,15H2. The molecule has 0 amide bonds. The molecule has 2 heterocycles. The summed E-state index contributed by atoms with van der Waals surface area (Å²) < 4.78 is 17.1. The van der Waals surface area contributed by atoms with Crippen molar-refractivity contribution in [3.8, 4) is 11.5 Å². The fourth-order valence-electron chi connectivity index (χ4n) is 2.32. The van der Waals surface area contributed by atoms with Crippen LogP contribution in [0.25, 0.3) is 0 Å². The van der Waals surface area contributed by atoms with Crippen molar-refractivity contribution in [1.82, 2.24) is 0 Å². The van der Waals surface area contributed by atoms with Gasteiger partial charge >= 0.3 is 0 Å². The van der Waals surface area contributed by atoms with Gasteiger partial charge in [0.15, 0.2) is 11.5 Å². The number of benzene rings is 1. The lowest BCUT2D eigenvalue weighted by molar-refractivity contribution is 0.0569. The SMILES string of the molecule is NC(c1ccc2c(c1)OCCCO2)C1CSCCO1. The van der Waals surface area contributed by atoms with Crippen LogP contribution in [0.1, 0.15) is 18.0 Å². The minimum absolute atomic E-state index is 0.0866. The van der Waals surface area contributed by atoms with Gasteiger partial charge in [0.2, 0.25) is 0 Å². The molecular weight excluding hydrogens is 262 g/mol. The Labute approximate surface area is 117 Å². The second-order valence-electron chi connectivity index (χ2n) is 4.77. The highest BCUT2D eigenvalue weighted by Crippen LogP contribution is 2.33. The zero-order valence-corrected chi connectivity index (χ0v) is 11.7. The Hall–Kier alpha value is -0.910. The van der Waals surface area contributed by atoms with Crippen LogP contribution in [-0.4, -0.2) is 37.4 Å². The Morgan fingerprint density at radius 3 is 2.79 bits per heavy atom. The largest absolute Gasteiger partial charge is 0.490 e. The summed E-state index contributed by atoms with van der Waals surface area (Å²) in [4.78, 5) is 0. The van der Waals surface area contributed by atoms with Gasteiger partial charge in [-0.05, 0) is 17.7 Å². The molecule has 0 aliphatic carbocycles. The first-order valence-electron chi connectivity index (χ1n) is 6.69. The molecular formula is C14H19NO3S. The van der Waals surface area contributed by atoms with E-state index in [9.17, 15) is 0 Å². The van der Waals surface area contributed by atoms with Gasteiger partial charge in [-0.2, -0.15) is 11.8 Å². The molecule has 1 aromatic carbocycles. The van der Waals surface area contributed by atoms with E-state index in [-0.39, 0.29) is 12.1 Å². The zero-order chi connectivity index (χ0) is 13.1. The first-order valence-corrected chi connectivity index (χ1v) is 7.84. The van der Waals surface area contributed by atoms with Gasteiger partial charge in [0.1, 0.15) is 0 Å². The maximum Gasteiger partial charge on any atom is 0.161 e. The predicted molar refractivity (Wildman–Crippen MR) is 76.0 cm³/mol. The number of fused-ring (bicyclic) bond motifs is 1. The molecule has 1 saturated heterocycles. The van der Waals surface area contributed by atoms with Gasteiger partial charge in [-0.15, -0.1) is 0 Å². The van der Waals surface area contributed by atoms with E-state index in [0.29, 0.717) is 13.2 Å². The number of nitrogens with two attached hydrogens (primary N) is 1. The third-order valence-corrected chi connectivity index (χ3v) is 4.42. The number of thioether (sulfide) groups is 1. The average Bonchev–Trinajstić information content (AvgIpc) is 2.72. The third-order valence-electron chi connectivity index (χ3n) is 3.40. The molecule has 0 spiro atoms. The first kappa shape index (κ1) is 13.1. The van der Waals surface area contributed by atoms with Gasteiger partial charge in [0, 0.05) is 17.9 Å². The normalized spacial score (nSPS) is 24.6. The van der Waals surface area contributed by atoms with E-state index < -0.39 is 0 Å². The molecule has 3 rings (SSSR count). The van der Waals surface area contributed by atoms with E-state index in [0.717, 1.165) is 41.6 Å². The lowest BCUT2D eigenvalue weighted by atomic mass is 10.0. The van der Waals surface area contributed by atoms with E-state index in [1.807, 2.05) is 30.0 Å². The van der Waals surface area contributed by atoms with Crippen LogP contribution in [0.4, 0.5) is 0 Å². The summed E-state index contributed by atoms with van der Waals surface area (Å²) in [5, 5.41) is 0. The maximum atomic E-state index is 6.31. The van der Waals surface area contributed by atoms with Gasteiger partial charge < -0.3 is 19.9 Å². The van der Waals surface area contributed by atoms with Crippen molar-refractivity contribution >= 4 is 11.8 Å². The minimum Gasteiger partial charge on any atom is -0.490 e. The molecule has 2 unspecified atom stereocenters. The molecule has 5 heteroatoms. The fourth-order valence-corrected chi connectivity index (χ4v) is 3.23. The first-order chi connectivity index (χ1) is 9.34. The third kappa shape index (κ3) is 2.99. The van der Waals surface area contributed by atoms with E-state index in [4.69, 9.17) is 19.9 Å². The van der Waals surface area contributed by atoms with Gasteiger partial charge in [-0.1, -0.05) is 6.07 Å². The van der Waals surface area contributed by atoms with Crippen molar-refractivity contribution in [1.29, 1.82) is 0 Å². The Morgan fingerprint density at radius 2 is 2.00 bits per heavy atom. The summed E-state index contributed by atoms with van der Waals surface area (Å²) in [5.41, 5.74) is 7.36. The van der Waals surface area contributed by atoms with Crippen LogP contribution in [0.3, 0.4) is 0 Å². The van der Waals surface area contributed by atoms with Gasteiger partial charge in [0.25, 0.3) is 0 Å². The summed E-state index contributed by atoms with van der Waals surface area (Å²) in [5.74, 6) is 3.63. The molecule has 0 aromatic heterocycles. The van der Waals surface area contributed by atoms with Gasteiger partial charge in [-0.3, -0.25) is 0 Å². The quantitative estimate of drug-likeness (QED) is 0.898. The topological polar surface area (TPSA) is 53.7 Å². The molecule has 0 radical (unpaired) electrons. The number of hydrogen-bond acceptors (Lipinski definition) is 5. The molecule has 2 N–H and O–H groups in total. The molecule has 1 aromatic rings. The fraction of sp³-hybridized carbons (Fsp3) is 0.571. The lowest BCUT2D eigenvalue weighted by Gasteiger charge is -2.28. The second kappa shape index (κ2) is 6.03. The molecule has 0 bridgehead atoms. The van der Waals surface area contributed by atoms with Crippen LogP contribution in [-0.2, 0) is 4.74 Å². The number of rotatable bonds is 2. The average molecular weight is 281 g/mol. The summed E-state index contributed by atoms with van der Waals surface area (Å²) in [7, 11) is 0. The van der Waals surface area contributed by atoms with Crippen LogP contribution in [0.5, 0.6) is 11.5 Å². The molecule has 2 aliphatic rings. The van der Waals surface area contributed by atoms with Crippen molar-refractivity contribution in [3.05, 3.63) is 23.8 Å². The smallest absolute Gasteiger partial charge is 0.161 e. The van der Waals surface area contributed by atoms with Crippen LogP contribution in [0, 0.1) is 0 Å².